The molecular formula is C44H82O4. The van der Waals surface area contributed by atoms with Crippen LogP contribution in [0.15, 0.2) is 24.3 Å². The zero-order valence-corrected chi connectivity index (χ0v) is 32.3. The summed E-state index contributed by atoms with van der Waals surface area (Å²) in [4.78, 5) is 23.3. The third kappa shape index (κ3) is 38.9. The molecule has 0 heterocycles. The molecule has 0 rings (SSSR count). The van der Waals surface area contributed by atoms with E-state index in [-0.39, 0.29) is 18.5 Å². The summed E-state index contributed by atoms with van der Waals surface area (Å²) in [6, 6.07) is 0. The minimum atomic E-state index is -0.701. The first-order chi connectivity index (χ1) is 23.6. The first-order valence-corrected chi connectivity index (χ1v) is 21.3. The lowest BCUT2D eigenvalue weighted by molar-refractivity contribution is -0.147. The van der Waals surface area contributed by atoms with Crippen molar-refractivity contribution in [2.24, 2.45) is 0 Å². The van der Waals surface area contributed by atoms with E-state index < -0.39 is 5.97 Å². The lowest BCUT2D eigenvalue weighted by Gasteiger charge is -2.14. The molecule has 0 aromatic heterocycles. The monoisotopic (exact) mass is 675 g/mol. The molecule has 0 aromatic carbocycles. The van der Waals surface area contributed by atoms with Gasteiger partial charge in [0.2, 0.25) is 0 Å². The van der Waals surface area contributed by atoms with Gasteiger partial charge in [-0.1, -0.05) is 199 Å². The summed E-state index contributed by atoms with van der Waals surface area (Å²) in [5, 5.41) is 8.78. The number of carboxylic acids is 1. The Balaban J connectivity index is 3.93. The molecule has 4 heteroatoms. The molecule has 0 saturated heterocycles. The number of ether oxygens (including phenoxy) is 1. The van der Waals surface area contributed by atoms with Gasteiger partial charge in [0.05, 0.1) is 0 Å². The Hall–Kier alpha value is -1.58. The molecular weight excluding hydrogens is 592 g/mol. The van der Waals surface area contributed by atoms with Crippen LogP contribution in [0.25, 0.3) is 0 Å². The molecule has 4 nitrogen and oxygen atoms in total. The Labute approximate surface area is 299 Å². The van der Waals surface area contributed by atoms with E-state index in [0.29, 0.717) is 6.42 Å². The minimum Gasteiger partial charge on any atom is -0.481 e. The van der Waals surface area contributed by atoms with E-state index in [1.54, 1.807) is 0 Å². The van der Waals surface area contributed by atoms with Gasteiger partial charge < -0.3 is 9.84 Å². The quantitative estimate of drug-likeness (QED) is 0.0400. The summed E-state index contributed by atoms with van der Waals surface area (Å²) in [6.07, 6.45) is 50.9. The molecule has 0 saturated carbocycles. The fraction of sp³-hybridized carbons (Fsp3) is 0.864. The normalized spacial score (nSPS) is 12.4. The fourth-order valence-corrected chi connectivity index (χ4v) is 6.49. The van der Waals surface area contributed by atoms with Gasteiger partial charge in [-0.15, -0.1) is 0 Å². The first-order valence-electron chi connectivity index (χ1n) is 21.3. The topological polar surface area (TPSA) is 63.6 Å². The van der Waals surface area contributed by atoms with Crippen LogP contribution < -0.4 is 0 Å². The van der Waals surface area contributed by atoms with Gasteiger partial charge in [0, 0.05) is 12.8 Å². The zero-order chi connectivity index (χ0) is 35.0. The Morgan fingerprint density at radius 3 is 1.33 bits per heavy atom. The van der Waals surface area contributed by atoms with Gasteiger partial charge in [0.15, 0.2) is 0 Å². The Kier molecular flexibility index (Phi) is 38.5. The molecule has 0 aromatic rings. The zero-order valence-electron chi connectivity index (χ0n) is 32.3. The number of allylic oxidation sites excluding steroid dienone is 3. The van der Waals surface area contributed by atoms with Crippen molar-refractivity contribution in [2.45, 2.75) is 245 Å². The second-order valence-electron chi connectivity index (χ2n) is 14.5. The third-order valence-corrected chi connectivity index (χ3v) is 9.66. The molecule has 0 aliphatic heterocycles. The van der Waals surface area contributed by atoms with E-state index in [2.05, 4.69) is 38.2 Å². The van der Waals surface area contributed by atoms with Crippen LogP contribution in [-0.4, -0.2) is 23.1 Å². The third-order valence-electron chi connectivity index (χ3n) is 9.66. The second kappa shape index (κ2) is 39.9. The van der Waals surface area contributed by atoms with Gasteiger partial charge in [-0.2, -0.15) is 0 Å². The van der Waals surface area contributed by atoms with Crippen molar-refractivity contribution in [3.8, 4) is 0 Å². The maximum Gasteiger partial charge on any atom is 0.306 e. The molecule has 48 heavy (non-hydrogen) atoms. The number of carbonyl (C=O) groups is 2. The van der Waals surface area contributed by atoms with E-state index in [4.69, 9.17) is 9.84 Å². The Morgan fingerprint density at radius 1 is 0.479 bits per heavy atom. The molecule has 0 amide bonds. The van der Waals surface area contributed by atoms with Crippen LogP contribution in [0.4, 0.5) is 0 Å². The Morgan fingerprint density at radius 2 is 0.875 bits per heavy atom. The standard InChI is InChI=1S/C44H82O4/c1-3-5-7-9-11-13-14-15-16-17-18-19-20-21-22-23-25-27-33-37-41-44(47)48-42(38-34-30-26-24-12-10-8-6-4-2)39-35-31-28-29-32-36-40-43(45)46/h24,26,34,38,42H,3-23,25,27-33,35-37,39-41H2,1-2H3,(H,45,46)/b26-24-,38-34-. The van der Waals surface area contributed by atoms with E-state index in [1.807, 2.05) is 0 Å². The molecule has 0 spiro atoms. The van der Waals surface area contributed by atoms with E-state index in [0.717, 1.165) is 70.6 Å². The molecule has 0 radical (unpaired) electrons. The summed E-state index contributed by atoms with van der Waals surface area (Å²) in [5.74, 6) is -0.750. The molecule has 1 unspecified atom stereocenters. The summed E-state index contributed by atoms with van der Waals surface area (Å²) in [6.45, 7) is 4.54. The van der Waals surface area contributed by atoms with Crippen molar-refractivity contribution in [1.29, 1.82) is 0 Å². The van der Waals surface area contributed by atoms with Gasteiger partial charge in [-0.25, -0.2) is 0 Å². The van der Waals surface area contributed by atoms with Crippen LogP contribution >= 0.6 is 0 Å². The van der Waals surface area contributed by atoms with Crippen molar-refractivity contribution in [3.05, 3.63) is 24.3 Å². The van der Waals surface area contributed by atoms with Gasteiger partial charge in [0.1, 0.15) is 6.10 Å². The average molecular weight is 675 g/mol. The van der Waals surface area contributed by atoms with Crippen LogP contribution in [0.1, 0.15) is 239 Å². The van der Waals surface area contributed by atoms with Crippen molar-refractivity contribution in [1.82, 2.24) is 0 Å². The fourth-order valence-electron chi connectivity index (χ4n) is 6.49. The second-order valence-corrected chi connectivity index (χ2v) is 14.5. The van der Waals surface area contributed by atoms with E-state index in [9.17, 15) is 9.59 Å². The van der Waals surface area contributed by atoms with Crippen LogP contribution in [0.2, 0.25) is 0 Å². The number of hydrogen-bond donors (Lipinski definition) is 1. The molecule has 0 aliphatic rings. The number of esters is 1. The highest BCUT2D eigenvalue weighted by atomic mass is 16.5. The number of carboxylic acid groups (broad SMARTS) is 1. The van der Waals surface area contributed by atoms with Crippen molar-refractivity contribution >= 4 is 11.9 Å². The molecule has 0 aliphatic carbocycles. The summed E-state index contributed by atoms with van der Waals surface area (Å²) < 4.78 is 5.92. The molecule has 0 fully saturated rings. The smallest absolute Gasteiger partial charge is 0.306 e. The average Bonchev–Trinajstić information content (AvgIpc) is 3.07. The van der Waals surface area contributed by atoms with Gasteiger partial charge >= 0.3 is 11.9 Å². The molecule has 282 valence electrons. The SMILES string of the molecule is CCCCCC/C=C\C/C=C\C(CCCCCCCCC(=O)O)OC(=O)CCCCCCCCCCCCCCCCCCCCCC. The number of aliphatic carboxylic acids is 1. The highest BCUT2D eigenvalue weighted by Gasteiger charge is 2.11. The lowest BCUT2D eigenvalue weighted by Crippen LogP contribution is -2.16. The molecule has 1 atom stereocenters. The predicted octanol–water partition coefficient (Wildman–Crippen LogP) is 14.8. The highest BCUT2D eigenvalue weighted by Crippen LogP contribution is 2.17. The van der Waals surface area contributed by atoms with Crippen LogP contribution in [0.5, 0.6) is 0 Å². The molecule has 0 bridgehead atoms. The van der Waals surface area contributed by atoms with Crippen molar-refractivity contribution < 1.29 is 19.4 Å². The predicted molar refractivity (Wildman–Crippen MR) is 209 cm³/mol. The highest BCUT2D eigenvalue weighted by molar-refractivity contribution is 5.69. The van der Waals surface area contributed by atoms with E-state index >= 15 is 0 Å². The molecule has 1 N–H and O–H groups in total. The van der Waals surface area contributed by atoms with Crippen LogP contribution in [0, 0.1) is 0 Å². The minimum absolute atomic E-state index is 0.0489. The summed E-state index contributed by atoms with van der Waals surface area (Å²) in [7, 11) is 0. The summed E-state index contributed by atoms with van der Waals surface area (Å²) in [5.41, 5.74) is 0. The lowest BCUT2D eigenvalue weighted by atomic mass is 10.0. The van der Waals surface area contributed by atoms with Gasteiger partial charge in [-0.3, -0.25) is 9.59 Å². The summed E-state index contributed by atoms with van der Waals surface area (Å²) >= 11 is 0. The van der Waals surface area contributed by atoms with Gasteiger partial charge in [0.25, 0.3) is 0 Å². The van der Waals surface area contributed by atoms with E-state index in [1.165, 1.54) is 141 Å². The van der Waals surface area contributed by atoms with Crippen molar-refractivity contribution in [3.63, 3.8) is 0 Å². The maximum atomic E-state index is 12.6. The van der Waals surface area contributed by atoms with Gasteiger partial charge in [-0.05, 0) is 51.0 Å². The first kappa shape index (κ1) is 46.4. The largest absolute Gasteiger partial charge is 0.481 e. The number of hydrogen-bond acceptors (Lipinski definition) is 3. The number of unbranched alkanes of at least 4 members (excludes halogenated alkanes) is 28. The van der Waals surface area contributed by atoms with Crippen LogP contribution in [-0.2, 0) is 14.3 Å². The van der Waals surface area contributed by atoms with Crippen molar-refractivity contribution in [2.75, 3.05) is 0 Å². The Bertz CT molecular complexity index is 727. The van der Waals surface area contributed by atoms with Crippen LogP contribution in [0.3, 0.4) is 0 Å². The maximum absolute atomic E-state index is 12.6. The number of carbonyl (C=O) groups excluding carboxylic acids is 1. The number of rotatable bonds is 39.